The lowest BCUT2D eigenvalue weighted by Crippen LogP contribution is -2.12. The molecule has 0 atom stereocenters. The van der Waals surface area contributed by atoms with Crippen LogP contribution in [-0.4, -0.2) is 17.0 Å². The monoisotopic (exact) mass is 289 g/mol. The first-order valence-electron chi connectivity index (χ1n) is 6.34. The van der Waals surface area contributed by atoms with Gasteiger partial charge in [0.05, 0.1) is 5.69 Å². The van der Waals surface area contributed by atoms with E-state index in [4.69, 9.17) is 0 Å². The Labute approximate surface area is 121 Å². The standard InChI is InChI=1S/C15H15NO3S/c1-2-6-13(17)16-11-9-12(20-14(11)15(18)19)10-7-4-3-5-8-10/h3-5,7-9H,2,6H2,1H3,(H,16,17)(H,18,19). The Hall–Kier alpha value is -2.14. The van der Waals surface area contributed by atoms with Crippen molar-refractivity contribution in [3.8, 4) is 10.4 Å². The molecule has 0 saturated carbocycles. The van der Waals surface area contributed by atoms with Crippen molar-refractivity contribution in [1.82, 2.24) is 0 Å². The second kappa shape index (κ2) is 6.34. The van der Waals surface area contributed by atoms with Gasteiger partial charge in [-0.05, 0) is 18.1 Å². The van der Waals surface area contributed by atoms with Crippen molar-refractivity contribution in [2.45, 2.75) is 19.8 Å². The van der Waals surface area contributed by atoms with E-state index >= 15 is 0 Å². The molecule has 0 fully saturated rings. The fourth-order valence-electron chi connectivity index (χ4n) is 1.83. The summed E-state index contributed by atoms with van der Waals surface area (Å²) in [6, 6.07) is 11.2. The fourth-order valence-corrected chi connectivity index (χ4v) is 2.79. The predicted octanol–water partition coefficient (Wildman–Crippen LogP) is 3.85. The van der Waals surface area contributed by atoms with Gasteiger partial charge in [-0.2, -0.15) is 0 Å². The minimum atomic E-state index is -1.02. The van der Waals surface area contributed by atoms with Crippen molar-refractivity contribution in [3.05, 3.63) is 41.3 Å². The molecule has 1 amide bonds. The molecule has 1 aromatic heterocycles. The van der Waals surface area contributed by atoms with E-state index < -0.39 is 5.97 Å². The third-order valence-electron chi connectivity index (χ3n) is 2.74. The molecule has 0 saturated heterocycles. The number of carbonyl (C=O) groups is 2. The van der Waals surface area contributed by atoms with Gasteiger partial charge in [0, 0.05) is 11.3 Å². The van der Waals surface area contributed by atoms with Gasteiger partial charge in [0.15, 0.2) is 0 Å². The van der Waals surface area contributed by atoms with E-state index in [-0.39, 0.29) is 10.8 Å². The Morgan fingerprint density at radius 1 is 1.25 bits per heavy atom. The summed E-state index contributed by atoms with van der Waals surface area (Å²) in [5.41, 5.74) is 1.32. The van der Waals surface area contributed by atoms with Gasteiger partial charge in [0.2, 0.25) is 5.91 Å². The minimum Gasteiger partial charge on any atom is -0.477 e. The van der Waals surface area contributed by atoms with Crippen molar-refractivity contribution < 1.29 is 14.7 Å². The molecule has 0 radical (unpaired) electrons. The van der Waals surface area contributed by atoms with Crippen molar-refractivity contribution in [1.29, 1.82) is 0 Å². The van der Waals surface area contributed by atoms with Crippen molar-refractivity contribution >= 4 is 28.9 Å². The first-order chi connectivity index (χ1) is 9.61. The van der Waals surface area contributed by atoms with Crippen LogP contribution in [0.5, 0.6) is 0 Å². The van der Waals surface area contributed by atoms with Crippen LogP contribution >= 0.6 is 11.3 Å². The van der Waals surface area contributed by atoms with Crippen molar-refractivity contribution in [2.24, 2.45) is 0 Å². The molecule has 0 unspecified atom stereocenters. The summed E-state index contributed by atoms with van der Waals surface area (Å²) in [5, 5.41) is 11.9. The highest BCUT2D eigenvalue weighted by atomic mass is 32.1. The maximum atomic E-state index is 11.6. The van der Waals surface area contributed by atoms with Crippen LogP contribution in [0.1, 0.15) is 29.4 Å². The average molecular weight is 289 g/mol. The Morgan fingerprint density at radius 3 is 2.55 bits per heavy atom. The van der Waals surface area contributed by atoms with Crippen LogP contribution in [-0.2, 0) is 4.79 Å². The van der Waals surface area contributed by atoms with Gasteiger partial charge in [0.1, 0.15) is 4.88 Å². The summed E-state index contributed by atoms with van der Waals surface area (Å²) in [4.78, 5) is 23.9. The number of benzene rings is 1. The van der Waals surface area contributed by atoms with E-state index in [0.717, 1.165) is 16.9 Å². The maximum absolute atomic E-state index is 11.6. The zero-order chi connectivity index (χ0) is 14.5. The molecule has 4 nitrogen and oxygen atoms in total. The van der Waals surface area contributed by atoms with Gasteiger partial charge >= 0.3 is 5.97 Å². The van der Waals surface area contributed by atoms with Crippen LogP contribution < -0.4 is 5.32 Å². The highest BCUT2D eigenvalue weighted by Crippen LogP contribution is 2.34. The second-order valence-corrected chi connectivity index (χ2v) is 5.38. The number of thiophene rings is 1. The minimum absolute atomic E-state index is 0.160. The number of carbonyl (C=O) groups excluding carboxylic acids is 1. The average Bonchev–Trinajstić information content (AvgIpc) is 2.84. The molecule has 20 heavy (non-hydrogen) atoms. The van der Waals surface area contributed by atoms with Crippen LogP contribution in [0.2, 0.25) is 0 Å². The van der Waals surface area contributed by atoms with E-state index in [2.05, 4.69) is 5.32 Å². The molecule has 0 bridgehead atoms. The summed E-state index contributed by atoms with van der Waals surface area (Å²) >= 11 is 1.17. The Morgan fingerprint density at radius 2 is 1.95 bits per heavy atom. The first-order valence-corrected chi connectivity index (χ1v) is 7.16. The van der Waals surface area contributed by atoms with Crippen LogP contribution in [0.3, 0.4) is 0 Å². The fraction of sp³-hybridized carbons (Fsp3) is 0.200. The molecule has 2 rings (SSSR count). The summed E-state index contributed by atoms with van der Waals surface area (Å²) in [5.74, 6) is -1.18. The van der Waals surface area contributed by atoms with Gasteiger partial charge < -0.3 is 10.4 Å². The van der Waals surface area contributed by atoms with Crippen molar-refractivity contribution in [3.63, 3.8) is 0 Å². The molecule has 2 aromatic rings. The molecule has 0 aliphatic heterocycles. The molecular weight excluding hydrogens is 274 g/mol. The summed E-state index contributed by atoms with van der Waals surface area (Å²) in [6.07, 6.45) is 1.11. The highest BCUT2D eigenvalue weighted by Gasteiger charge is 2.17. The van der Waals surface area contributed by atoms with Gasteiger partial charge in [-0.25, -0.2) is 4.79 Å². The highest BCUT2D eigenvalue weighted by molar-refractivity contribution is 7.18. The number of carboxylic acid groups (broad SMARTS) is 1. The first kappa shape index (κ1) is 14.3. The Kier molecular flexibility index (Phi) is 4.53. The number of rotatable bonds is 5. The molecule has 0 aliphatic carbocycles. The lowest BCUT2D eigenvalue weighted by molar-refractivity contribution is -0.116. The van der Waals surface area contributed by atoms with Crippen LogP contribution in [0.4, 0.5) is 5.69 Å². The number of hydrogen-bond donors (Lipinski definition) is 2. The topological polar surface area (TPSA) is 66.4 Å². The third kappa shape index (κ3) is 3.24. The zero-order valence-electron chi connectivity index (χ0n) is 11.1. The van der Waals surface area contributed by atoms with Crippen LogP contribution in [0.15, 0.2) is 36.4 Å². The van der Waals surface area contributed by atoms with Gasteiger partial charge in [-0.3, -0.25) is 4.79 Å². The number of anilines is 1. The Bertz CT molecular complexity index is 619. The zero-order valence-corrected chi connectivity index (χ0v) is 11.9. The quantitative estimate of drug-likeness (QED) is 0.878. The second-order valence-electron chi connectivity index (χ2n) is 4.32. The van der Waals surface area contributed by atoms with Gasteiger partial charge in [-0.15, -0.1) is 11.3 Å². The molecule has 0 spiro atoms. The molecule has 1 aromatic carbocycles. The van der Waals surface area contributed by atoms with E-state index in [9.17, 15) is 14.7 Å². The van der Waals surface area contributed by atoms with Crippen molar-refractivity contribution in [2.75, 3.05) is 5.32 Å². The van der Waals surface area contributed by atoms with Crippen LogP contribution in [0, 0.1) is 0 Å². The summed E-state index contributed by atoms with van der Waals surface area (Å²) in [7, 11) is 0. The maximum Gasteiger partial charge on any atom is 0.348 e. The van der Waals surface area contributed by atoms with E-state index in [1.807, 2.05) is 37.3 Å². The number of carboxylic acids is 1. The van der Waals surface area contributed by atoms with E-state index in [1.54, 1.807) is 6.07 Å². The molecule has 1 heterocycles. The summed E-state index contributed by atoms with van der Waals surface area (Å²) in [6.45, 7) is 1.90. The summed E-state index contributed by atoms with van der Waals surface area (Å²) < 4.78 is 0. The lowest BCUT2D eigenvalue weighted by Gasteiger charge is -2.02. The molecular formula is C15H15NO3S. The lowest BCUT2D eigenvalue weighted by atomic mass is 10.2. The van der Waals surface area contributed by atoms with Crippen LogP contribution in [0.25, 0.3) is 10.4 Å². The van der Waals surface area contributed by atoms with E-state index in [0.29, 0.717) is 12.1 Å². The smallest absolute Gasteiger partial charge is 0.348 e. The number of amides is 1. The predicted molar refractivity (Wildman–Crippen MR) is 80.3 cm³/mol. The van der Waals surface area contributed by atoms with Gasteiger partial charge in [0.25, 0.3) is 0 Å². The normalized spacial score (nSPS) is 10.2. The molecule has 0 aliphatic rings. The SMILES string of the molecule is CCCC(=O)Nc1cc(-c2ccccc2)sc1C(=O)O. The number of hydrogen-bond acceptors (Lipinski definition) is 3. The third-order valence-corrected chi connectivity index (χ3v) is 3.91. The molecule has 104 valence electrons. The molecule has 2 N–H and O–H groups in total. The number of aromatic carboxylic acids is 1. The largest absolute Gasteiger partial charge is 0.477 e. The molecule has 5 heteroatoms. The van der Waals surface area contributed by atoms with Gasteiger partial charge in [-0.1, -0.05) is 37.3 Å². The van der Waals surface area contributed by atoms with E-state index in [1.165, 1.54) is 11.3 Å². The Balaban J connectivity index is 2.34. The number of nitrogens with one attached hydrogen (secondary N) is 1.